The van der Waals surface area contributed by atoms with Crippen molar-refractivity contribution >= 4 is 143 Å². The molecule has 6 heteroatoms. The van der Waals surface area contributed by atoms with Crippen molar-refractivity contribution in [2.75, 3.05) is 9.80 Å². The van der Waals surface area contributed by atoms with Gasteiger partial charge in [-0.05, 0) is 130 Å². The van der Waals surface area contributed by atoms with E-state index in [9.17, 15) is 0 Å². The summed E-state index contributed by atoms with van der Waals surface area (Å²) in [5.41, 5.74) is 13.8. The molecular weight excluding hydrogens is 885 g/mol. The molecule has 342 valence electrons. The molecule has 6 nitrogen and oxygen atoms in total. The van der Waals surface area contributed by atoms with Gasteiger partial charge >= 0.3 is 0 Å². The maximum atomic E-state index is 7.09. The van der Waals surface area contributed by atoms with E-state index in [0.29, 0.717) is 0 Å². The molecule has 0 radical (unpaired) electrons. The molecular formula is C66H44N2O4. The van der Waals surface area contributed by atoms with Crippen molar-refractivity contribution in [2.45, 2.75) is 26.2 Å². The number of nitrogens with zero attached hydrogens (tertiary/aromatic N) is 2. The van der Waals surface area contributed by atoms with Crippen molar-refractivity contribution in [3.8, 4) is 0 Å². The van der Waals surface area contributed by atoms with Gasteiger partial charge in [-0.2, -0.15) is 0 Å². The van der Waals surface area contributed by atoms with E-state index in [0.717, 1.165) is 149 Å². The van der Waals surface area contributed by atoms with Crippen LogP contribution in [0.1, 0.15) is 26.3 Å². The van der Waals surface area contributed by atoms with Gasteiger partial charge in [0, 0.05) is 71.4 Å². The van der Waals surface area contributed by atoms with E-state index in [1.165, 1.54) is 0 Å². The molecule has 11 aromatic carbocycles. The summed E-state index contributed by atoms with van der Waals surface area (Å²) in [4.78, 5) is 4.58. The Morgan fingerprint density at radius 2 is 0.764 bits per heavy atom. The van der Waals surface area contributed by atoms with Crippen molar-refractivity contribution in [3.63, 3.8) is 0 Å². The molecule has 0 saturated heterocycles. The van der Waals surface area contributed by atoms with Crippen LogP contribution in [0.4, 0.5) is 34.1 Å². The summed E-state index contributed by atoms with van der Waals surface area (Å²) in [5.74, 6) is 0. The zero-order chi connectivity index (χ0) is 47.8. The molecule has 0 amide bonds. The third-order valence-electron chi connectivity index (χ3n) is 14.6. The number of para-hydroxylation sites is 6. The van der Waals surface area contributed by atoms with Gasteiger partial charge < -0.3 is 27.5 Å². The Labute approximate surface area is 413 Å². The van der Waals surface area contributed by atoms with Crippen molar-refractivity contribution in [3.05, 3.63) is 218 Å². The normalized spacial score (nSPS) is 12.4. The van der Waals surface area contributed by atoms with Crippen LogP contribution in [-0.2, 0) is 5.41 Å². The quantitative estimate of drug-likeness (QED) is 0.166. The molecule has 72 heavy (non-hydrogen) atoms. The molecule has 4 aromatic heterocycles. The van der Waals surface area contributed by atoms with Crippen molar-refractivity contribution in [1.29, 1.82) is 0 Å². The summed E-state index contributed by atoms with van der Waals surface area (Å²) in [7, 11) is 0. The summed E-state index contributed by atoms with van der Waals surface area (Å²) in [6, 6.07) is 74.8. The molecule has 0 bridgehead atoms. The molecule has 4 heterocycles. The fourth-order valence-electron chi connectivity index (χ4n) is 11.4. The first-order valence-corrected chi connectivity index (χ1v) is 24.6. The lowest BCUT2D eigenvalue weighted by Crippen LogP contribution is -2.12. The molecule has 0 spiro atoms. The van der Waals surface area contributed by atoms with Crippen LogP contribution >= 0.6 is 0 Å². The first kappa shape index (κ1) is 40.6. The molecule has 0 fully saturated rings. The van der Waals surface area contributed by atoms with Crippen LogP contribution in [0.15, 0.2) is 230 Å². The minimum absolute atomic E-state index is 0.282. The Balaban J connectivity index is 0.878. The zero-order valence-corrected chi connectivity index (χ0v) is 39.7. The van der Waals surface area contributed by atoms with E-state index < -0.39 is 0 Å². The number of fused-ring (bicyclic) bond motifs is 14. The first-order valence-electron chi connectivity index (χ1n) is 24.6. The largest absolute Gasteiger partial charge is 0.456 e. The SMILES string of the molecule is CC(C)(C)c1c2oc3cc4cc(N(c5ccccc5)c5cccc6c5oc5ccccc56)ccc4cc3c2cc2oc3cc4cc(N(c5ccccc5)c5cccc6c5oc5ccccc56)ccc4cc3c12. The standard InChI is InChI=1S/C66H44N2O4/c1-66(2,3)62-61-53-35-40-29-31-46(68(44-18-8-5-9-19-44)55-25-15-23-50-48-21-11-13-27-57(48)71-64(50)55)33-42(40)37-59(53)69-60(61)38-52-51-34-39-28-30-45(32-41(39)36-58(51)72-65(52)62)67(43-16-6-4-7-17-43)54-24-14-22-49-47-20-10-12-26-56(47)70-63(49)54/h4-38H,1-3H3. The van der Waals surface area contributed by atoms with Crippen LogP contribution in [0.3, 0.4) is 0 Å². The van der Waals surface area contributed by atoms with Crippen molar-refractivity contribution in [2.24, 2.45) is 0 Å². The highest BCUT2D eigenvalue weighted by atomic mass is 16.3. The van der Waals surface area contributed by atoms with Gasteiger partial charge in [0.05, 0.1) is 11.4 Å². The third kappa shape index (κ3) is 6.09. The third-order valence-corrected chi connectivity index (χ3v) is 14.6. The smallest absolute Gasteiger partial charge is 0.159 e. The van der Waals surface area contributed by atoms with Crippen molar-refractivity contribution in [1.82, 2.24) is 0 Å². The van der Waals surface area contributed by atoms with Crippen LogP contribution in [0.5, 0.6) is 0 Å². The maximum Gasteiger partial charge on any atom is 0.159 e. The van der Waals surface area contributed by atoms with Gasteiger partial charge in [-0.25, -0.2) is 0 Å². The molecule has 0 aliphatic heterocycles. The Hall–Kier alpha value is -9.26. The predicted octanol–water partition coefficient (Wildman–Crippen LogP) is 19.8. The van der Waals surface area contributed by atoms with Gasteiger partial charge in [-0.15, -0.1) is 0 Å². The van der Waals surface area contributed by atoms with Gasteiger partial charge in [0.1, 0.15) is 33.5 Å². The Morgan fingerprint density at radius 3 is 1.31 bits per heavy atom. The van der Waals surface area contributed by atoms with Crippen LogP contribution in [0, 0.1) is 0 Å². The van der Waals surface area contributed by atoms with Gasteiger partial charge in [0.25, 0.3) is 0 Å². The summed E-state index contributed by atoms with van der Waals surface area (Å²) in [6.45, 7) is 6.81. The number of rotatable bonds is 6. The monoisotopic (exact) mass is 928 g/mol. The lowest BCUT2D eigenvalue weighted by atomic mass is 9.82. The molecule has 15 aromatic rings. The van der Waals surface area contributed by atoms with Gasteiger partial charge in [-0.3, -0.25) is 0 Å². The van der Waals surface area contributed by atoms with Gasteiger partial charge in [-0.1, -0.05) is 130 Å². The second kappa shape index (κ2) is 15.1. The molecule has 0 saturated carbocycles. The van der Waals surface area contributed by atoms with E-state index in [-0.39, 0.29) is 5.41 Å². The Kier molecular flexibility index (Phi) is 8.53. The minimum Gasteiger partial charge on any atom is -0.456 e. The Bertz CT molecular complexity index is 4510. The summed E-state index contributed by atoms with van der Waals surface area (Å²) < 4.78 is 27.2. The molecule has 15 rings (SSSR count). The zero-order valence-electron chi connectivity index (χ0n) is 39.7. The van der Waals surface area contributed by atoms with Gasteiger partial charge in [0.15, 0.2) is 11.2 Å². The van der Waals surface area contributed by atoms with Crippen LogP contribution in [0.25, 0.3) is 109 Å². The maximum absolute atomic E-state index is 7.09. The van der Waals surface area contributed by atoms with Crippen LogP contribution < -0.4 is 9.80 Å². The van der Waals surface area contributed by atoms with E-state index in [4.69, 9.17) is 17.7 Å². The van der Waals surface area contributed by atoms with Gasteiger partial charge in [0.2, 0.25) is 0 Å². The molecule has 0 aliphatic carbocycles. The number of benzene rings is 11. The lowest BCUT2D eigenvalue weighted by Gasteiger charge is -2.25. The number of hydrogen-bond acceptors (Lipinski definition) is 6. The molecule has 0 atom stereocenters. The highest BCUT2D eigenvalue weighted by molar-refractivity contribution is 6.21. The number of anilines is 6. The van der Waals surface area contributed by atoms with Crippen LogP contribution in [-0.4, -0.2) is 0 Å². The Morgan fingerprint density at radius 1 is 0.292 bits per heavy atom. The van der Waals surface area contributed by atoms with Crippen LogP contribution in [0.2, 0.25) is 0 Å². The minimum atomic E-state index is -0.282. The first-order chi connectivity index (χ1) is 35.3. The summed E-state index contributed by atoms with van der Waals surface area (Å²) >= 11 is 0. The number of hydrogen-bond donors (Lipinski definition) is 0. The highest BCUT2D eigenvalue weighted by Gasteiger charge is 2.29. The average Bonchev–Trinajstić information content (AvgIpc) is 4.17. The highest BCUT2D eigenvalue weighted by Crippen LogP contribution is 2.49. The van der Waals surface area contributed by atoms with E-state index in [1.807, 2.05) is 24.3 Å². The fraction of sp³-hybridized carbons (Fsp3) is 0.0606. The topological polar surface area (TPSA) is 59.0 Å². The molecule has 0 aliphatic rings. The van der Waals surface area contributed by atoms with E-state index in [2.05, 4.69) is 219 Å². The number of furan rings is 4. The molecule has 0 unspecified atom stereocenters. The van der Waals surface area contributed by atoms with Crippen molar-refractivity contribution < 1.29 is 17.7 Å². The summed E-state index contributed by atoms with van der Waals surface area (Å²) in [5, 5.41) is 13.0. The fourth-order valence-corrected chi connectivity index (χ4v) is 11.4. The average molecular weight is 929 g/mol. The second-order valence-corrected chi connectivity index (χ2v) is 20.1. The molecule has 0 N–H and O–H groups in total. The van der Waals surface area contributed by atoms with E-state index >= 15 is 0 Å². The summed E-state index contributed by atoms with van der Waals surface area (Å²) in [6.07, 6.45) is 0. The second-order valence-electron chi connectivity index (χ2n) is 20.1. The predicted molar refractivity (Wildman–Crippen MR) is 299 cm³/mol. The van der Waals surface area contributed by atoms with E-state index in [1.54, 1.807) is 0 Å². The lowest BCUT2D eigenvalue weighted by molar-refractivity contribution is 0.577.